The average molecular weight is 870 g/mol. The molecule has 336 valence electrons. The van der Waals surface area contributed by atoms with Crippen LogP contribution >= 0.6 is 0 Å². The third kappa shape index (κ3) is 9.33. The molecule has 11 N–H and O–H groups in total. The van der Waals surface area contributed by atoms with Gasteiger partial charge in [0.1, 0.15) is 37.9 Å². The maximum atomic E-state index is 13.5. The van der Waals surface area contributed by atoms with Gasteiger partial charge in [-0.25, -0.2) is 9.59 Å². The van der Waals surface area contributed by atoms with Crippen molar-refractivity contribution in [2.75, 3.05) is 52.5 Å². The number of ketones is 2. The van der Waals surface area contributed by atoms with Crippen molar-refractivity contribution in [3.8, 4) is 0 Å². The predicted octanol–water partition coefficient (Wildman–Crippen LogP) is -2.34. The summed E-state index contributed by atoms with van der Waals surface area (Å²) in [5, 5.41) is 12.7. The van der Waals surface area contributed by atoms with E-state index in [4.69, 9.17) is 40.9 Å². The molecule has 2 aliphatic heterocycles. The highest BCUT2D eigenvalue weighted by Crippen LogP contribution is 2.67. The number of nitrogens with two attached hydrogens (primary N) is 3. The molecular formula is C39H51N9O14. The van der Waals surface area contributed by atoms with E-state index in [0.717, 1.165) is 0 Å². The number of hydrogen-bond acceptors (Lipinski definition) is 16. The minimum absolute atomic E-state index is 0.00452. The fourth-order valence-corrected chi connectivity index (χ4v) is 8.06. The molecular weight excluding hydrogens is 818 g/mol. The van der Waals surface area contributed by atoms with Crippen molar-refractivity contribution >= 4 is 59.0 Å². The molecule has 1 saturated carbocycles. The van der Waals surface area contributed by atoms with Crippen LogP contribution in [0.3, 0.4) is 0 Å². The van der Waals surface area contributed by atoms with Gasteiger partial charge in [0, 0.05) is 43.5 Å². The minimum atomic E-state index is -1.54. The first-order chi connectivity index (χ1) is 29.3. The van der Waals surface area contributed by atoms with Crippen LogP contribution in [0.15, 0.2) is 46.8 Å². The number of hydrogen-bond donors (Lipinski definition) is 8. The number of nitrogens with one attached hydrogen (secondary N) is 5. The molecule has 0 bridgehead atoms. The summed E-state index contributed by atoms with van der Waals surface area (Å²) in [6.07, 6.45) is -2.17. The number of anilines is 1. The molecule has 23 heteroatoms. The van der Waals surface area contributed by atoms with Gasteiger partial charge in [0.2, 0.25) is 41.1 Å². The number of rotatable bonds is 20. The van der Waals surface area contributed by atoms with Gasteiger partial charge < -0.3 is 72.4 Å². The van der Waals surface area contributed by atoms with E-state index in [1.165, 1.54) is 47.1 Å². The zero-order valence-electron chi connectivity index (χ0n) is 34.7. The Kier molecular flexibility index (Phi) is 14.2. The van der Waals surface area contributed by atoms with Crippen LogP contribution in [0.25, 0.3) is 0 Å². The van der Waals surface area contributed by atoms with E-state index in [2.05, 4.69) is 26.6 Å². The normalized spacial score (nSPS) is 23.5. The van der Waals surface area contributed by atoms with E-state index in [-0.39, 0.29) is 67.1 Å². The lowest BCUT2D eigenvalue weighted by Gasteiger charge is -2.44. The quantitative estimate of drug-likeness (QED) is 0.0503. The van der Waals surface area contributed by atoms with Crippen LogP contribution in [0.1, 0.15) is 39.2 Å². The standard InChI is InChI=1S/C39H51N9O14/c1-18-29(41)32(52)28-24(16-61-36(42)56)39(59-5)38(13-22(38)14-48(39)30(28)31(18)51)47-37(57)62-15-21-6-8-23(9-7-21)45-35(55)25(12-26(40)49)46-34(54)20(3)44-33(53)19(2)43-27(50)17-60-11-10-58-4/h6-9,19-20,22,24-25H,10-17,41H2,1-5H3,(H2,40,49)(H2,42,56)(H,43,50)(H,44,53)(H,45,55)(H,46,54)(H,47,57)/t19-,20-,22-,24+,25-,38-,39+/m1/s1. The molecule has 1 aromatic rings. The zero-order chi connectivity index (χ0) is 45.7. The topological polar surface area (TPSA) is 341 Å². The van der Waals surface area contributed by atoms with Gasteiger partial charge in [-0.1, -0.05) is 12.1 Å². The Morgan fingerprint density at radius 1 is 0.887 bits per heavy atom. The molecule has 62 heavy (non-hydrogen) atoms. The molecule has 4 aliphatic rings. The fraction of sp³-hybridized carbons (Fsp3) is 0.513. The number of ether oxygens (including phenoxy) is 5. The zero-order valence-corrected chi connectivity index (χ0v) is 34.7. The van der Waals surface area contributed by atoms with Gasteiger partial charge in [-0.05, 0) is 44.9 Å². The Morgan fingerprint density at radius 3 is 2.18 bits per heavy atom. The van der Waals surface area contributed by atoms with E-state index in [1.54, 1.807) is 17.0 Å². The van der Waals surface area contributed by atoms with E-state index >= 15 is 0 Å². The lowest BCUT2D eigenvalue weighted by molar-refractivity contribution is -0.157. The average Bonchev–Trinajstić information content (AvgIpc) is 3.73. The molecule has 1 saturated heterocycles. The van der Waals surface area contributed by atoms with Crippen LogP contribution < -0.4 is 43.8 Å². The smallest absolute Gasteiger partial charge is 0.408 e. The summed E-state index contributed by atoms with van der Waals surface area (Å²) in [7, 11) is 2.83. The molecule has 7 atom stereocenters. The second-order valence-corrected chi connectivity index (χ2v) is 15.2. The van der Waals surface area contributed by atoms with Gasteiger partial charge >= 0.3 is 12.2 Å². The van der Waals surface area contributed by atoms with E-state index < -0.39 is 102 Å². The highest BCUT2D eigenvalue weighted by molar-refractivity contribution is 6.25. The van der Waals surface area contributed by atoms with Gasteiger partial charge in [-0.2, -0.15) is 0 Å². The number of piperidine rings is 1. The number of fused-ring (bicyclic) bond motifs is 4. The molecule has 5 rings (SSSR count). The molecule has 7 amide bonds. The van der Waals surface area contributed by atoms with E-state index in [1.807, 2.05) is 0 Å². The summed E-state index contributed by atoms with van der Waals surface area (Å²) in [6, 6.07) is 2.39. The first-order valence-electron chi connectivity index (χ1n) is 19.5. The number of allylic oxidation sites excluding steroid dienone is 2. The first kappa shape index (κ1) is 46.5. The van der Waals surface area contributed by atoms with Gasteiger partial charge in [-0.15, -0.1) is 0 Å². The third-order valence-corrected chi connectivity index (χ3v) is 11.2. The highest BCUT2D eigenvalue weighted by atomic mass is 16.6. The second kappa shape index (κ2) is 19.0. The number of Topliss-reactive ketones (excluding diaryl/α,β-unsaturated/α-hetero) is 2. The lowest BCUT2D eigenvalue weighted by Crippen LogP contribution is -2.64. The van der Waals surface area contributed by atoms with Crippen molar-refractivity contribution in [3.05, 3.63) is 52.4 Å². The largest absolute Gasteiger partial charge is 0.449 e. The molecule has 0 spiro atoms. The van der Waals surface area contributed by atoms with Crippen molar-refractivity contribution < 1.29 is 66.8 Å². The molecule has 0 unspecified atom stereocenters. The highest BCUT2D eigenvalue weighted by Gasteiger charge is 2.82. The molecule has 2 fully saturated rings. The number of carbonyl (C=O) groups excluding carboxylic acids is 9. The van der Waals surface area contributed by atoms with Gasteiger partial charge in [0.05, 0.1) is 42.5 Å². The van der Waals surface area contributed by atoms with Crippen molar-refractivity contribution in [3.63, 3.8) is 0 Å². The van der Waals surface area contributed by atoms with Crippen molar-refractivity contribution in [2.24, 2.45) is 29.0 Å². The van der Waals surface area contributed by atoms with Crippen LogP contribution in [0.4, 0.5) is 15.3 Å². The van der Waals surface area contributed by atoms with Crippen LogP contribution in [0.2, 0.25) is 0 Å². The summed E-state index contributed by atoms with van der Waals surface area (Å²) in [5.41, 5.74) is 14.6. The second-order valence-electron chi connectivity index (χ2n) is 15.2. The Hall–Kier alpha value is -6.59. The van der Waals surface area contributed by atoms with Crippen molar-refractivity contribution in [2.45, 2.75) is 69.6 Å². The summed E-state index contributed by atoms with van der Waals surface area (Å²) in [6.45, 7) is 3.87. The van der Waals surface area contributed by atoms with Crippen LogP contribution in [-0.2, 0) is 63.9 Å². The van der Waals surface area contributed by atoms with Crippen molar-refractivity contribution in [1.29, 1.82) is 0 Å². The van der Waals surface area contributed by atoms with Gasteiger partial charge in [0.25, 0.3) is 0 Å². The van der Waals surface area contributed by atoms with Gasteiger partial charge in [0.15, 0.2) is 5.72 Å². The SMILES string of the molecule is COCCOCC(=O)N[C@H](C)C(=O)N[C@H](C)C(=O)N[C@H](CC(N)=O)C(=O)Nc1ccc(COC(=O)N[C@]23C[C@@H]2CN2C4=C(C(=O)C(N)=C(C)C4=O)[C@H](COC(N)=O)[C@@]23OC)cc1. The molecule has 2 aliphatic carbocycles. The lowest BCUT2D eigenvalue weighted by atomic mass is 9.80. The maximum absolute atomic E-state index is 13.5. The molecule has 23 nitrogen and oxygen atoms in total. The van der Waals surface area contributed by atoms with E-state index in [0.29, 0.717) is 12.0 Å². The monoisotopic (exact) mass is 869 g/mol. The summed E-state index contributed by atoms with van der Waals surface area (Å²) >= 11 is 0. The van der Waals surface area contributed by atoms with E-state index in [9.17, 15) is 43.2 Å². The number of carbonyl (C=O) groups is 9. The van der Waals surface area contributed by atoms with Crippen molar-refractivity contribution in [1.82, 2.24) is 26.2 Å². The number of methoxy groups -OCH3 is 2. The Bertz CT molecular complexity index is 2090. The van der Waals surface area contributed by atoms with Crippen LogP contribution in [-0.4, -0.2) is 135 Å². The first-order valence-corrected chi connectivity index (χ1v) is 19.5. The Morgan fingerprint density at radius 2 is 1.55 bits per heavy atom. The third-order valence-electron chi connectivity index (χ3n) is 11.2. The Labute approximate surface area is 355 Å². The fourth-order valence-electron chi connectivity index (χ4n) is 8.06. The van der Waals surface area contributed by atoms with Crippen LogP contribution in [0.5, 0.6) is 0 Å². The summed E-state index contributed by atoms with van der Waals surface area (Å²) in [5.74, 6) is -6.17. The number of primary amides is 2. The molecule has 0 radical (unpaired) electrons. The molecule has 2 heterocycles. The molecule has 0 aromatic heterocycles. The molecule has 1 aromatic carbocycles. The number of amides is 7. The van der Waals surface area contributed by atoms with Gasteiger partial charge in [-0.3, -0.25) is 33.6 Å². The van der Waals surface area contributed by atoms with Crippen LogP contribution in [0, 0.1) is 11.8 Å². The summed E-state index contributed by atoms with van der Waals surface area (Å²) < 4.78 is 26.7. The minimum Gasteiger partial charge on any atom is -0.449 e. The number of nitrogens with zero attached hydrogens (tertiary/aromatic N) is 1. The Balaban J connectivity index is 1.16. The number of benzene rings is 1. The predicted molar refractivity (Wildman–Crippen MR) is 212 cm³/mol. The summed E-state index contributed by atoms with van der Waals surface area (Å²) in [4.78, 5) is 116. The number of alkyl carbamates (subject to hydrolysis) is 1. The maximum Gasteiger partial charge on any atom is 0.408 e.